The van der Waals surface area contributed by atoms with Crippen LogP contribution in [0.4, 0.5) is 0 Å². The van der Waals surface area contributed by atoms with Crippen molar-refractivity contribution in [1.29, 1.82) is 0 Å². The predicted molar refractivity (Wildman–Crippen MR) is 76.5 cm³/mol. The fraction of sp³-hybridized carbons (Fsp3) is 0.353. The van der Waals surface area contributed by atoms with Crippen LogP contribution in [-0.4, -0.2) is 18.5 Å². The summed E-state index contributed by atoms with van der Waals surface area (Å²) in [5, 5.41) is 2.29. The van der Waals surface area contributed by atoms with Crippen LogP contribution >= 0.6 is 0 Å². The molecule has 0 N–H and O–H groups in total. The van der Waals surface area contributed by atoms with E-state index in [1.807, 2.05) is 36.4 Å². The fourth-order valence-electron chi connectivity index (χ4n) is 2.78. The van der Waals surface area contributed by atoms with Crippen LogP contribution in [0.1, 0.15) is 36.0 Å². The Morgan fingerprint density at radius 2 is 1.89 bits per heavy atom. The lowest BCUT2D eigenvalue weighted by molar-refractivity contribution is -0.0704. The number of fused-ring (bicyclic) bond motifs is 1. The van der Waals surface area contributed by atoms with Crippen molar-refractivity contribution in [2.45, 2.75) is 31.3 Å². The number of Topliss-reactive ketones (excluding diaryl/α,β-unsaturated/α-hetero) is 1. The van der Waals surface area contributed by atoms with E-state index >= 15 is 0 Å². The van der Waals surface area contributed by atoms with E-state index < -0.39 is 0 Å². The van der Waals surface area contributed by atoms with Gasteiger partial charge < -0.3 is 4.74 Å². The van der Waals surface area contributed by atoms with E-state index in [0.717, 1.165) is 23.8 Å². The summed E-state index contributed by atoms with van der Waals surface area (Å²) in [5.41, 5.74) is 0.602. The number of methoxy groups -OCH3 is 1. The highest BCUT2D eigenvalue weighted by Crippen LogP contribution is 2.38. The summed E-state index contributed by atoms with van der Waals surface area (Å²) in [6.07, 6.45) is 3.67. The minimum absolute atomic E-state index is 0.187. The number of carbonyl (C=O) groups excluding carboxylic acids is 1. The maximum Gasteiger partial charge on any atom is 0.165 e. The van der Waals surface area contributed by atoms with Crippen LogP contribution in [0.25, 0.3) is 10.8 Å². The molecule has 0 saturated heterocycles. The van der Waals surface area contributed by atoms with Crippen molar-refractivity contribution in [3.8, 4) is 0 Å². The van der Waals surface area contributed by atoms with Crippen LogP contribution in [0.3, 0.4) is 0 Å². The SMILES string of the molecule is COC1(CC(=O)c2ccc3ccccc3c2)CCC1. The van der Waals surface area contributed by atoms with Gasteiger partial charge in [0, 0.05) is 19.1 Å². The minimum atomic E-state index is -0.192. The quantitative estimate of drug-likeness (QED) is 0.771. The lowest BCUT2D eigenvalue weighted by Gasteiger charge is -2.40. The van der Waals surface area contributed by atoms with Crippen LogP contribution in [0, 0.1) is 0 Å². The highest BCUT2D eigenvalue weighted by atomic mass is 16.5. The molecule has 1 saturated carbocycles. The van der Waals surface area contributed by atoms with Gasteiger partial charge in [-0.2, -0.15) is 0 Å². The van der Waals surface area contributed by atoms with E-state index in [1.165, 1.54) is 11.8 Å². The molecule has 0 spiro atoms. The number of ether oxygens (including phenoxy) is 1. The lowest BCUT2D eigenvalue weighted by Crippen LogP contribution is -2.41. The predicted octanol–water partition coefficient (Wildman–Crippen LogP) is 3.98. The van der Waals surface area contributed by atoms with Gasteiger partial charge in [-0.3, -0.25) is 4.79 Å². The summed E-state index contributed by atoms with van der Waals surface area (Å²) in [6.45, 7) is 0. The number of hydrogen-bond acceptors (Lipinski definition) is 2. The third-order valence-electron chi connectivity index (χ3n) is 4.25. The summed E-state index contributed by atoms with van der Waals surface area (Å²) >= 11 is 0. The molecular weight excluding hydrogens is 236 g/mol. The monoisotopic (exact) mass is 254 g/mol. The first kappa shape index (κ1) is 12.4. The first-order valence-corrected chi connectivity index (χ1v) is 6.80. The molecule has 19 heavy (non-hydrogen) atoms. The summed E-state index contributed by atoms with van der Waals surface area (Å²) in [6, 6.07) is 14.0. The summed E-state index contributed by atoms with van der Waals surface area (Å²) in [4.78, 5) is 12.4. The molecule has 98 valence electrons. The Bertz CT molecular complexity index is 606. The first-order valence-electron chi connectivity index (χ1n) is 6.80. The smallest absolute Gasteiger partial charge is 0.165 e. The normalized spacial score (nSPS) is 17.1. The largest absolute Gasteiger partial charge is 0.378 e. The van der Waals surface area contributed by atoms with E-state index in [1.54, 1.807) is 7.11 Å². The molecule has 3 rings (SSSR count). The van der Waals surface area contributed by atoms with Gasteiger partial charge in [-0.05, 0) is 36.1 Å². The molecule has 0 unspecified atom stereocenters. The Labute approximate surface area is 113 Å². The van der Waals surface area contributed by atoms with Crippen molar-refractivity contribution in [2.24, 2.45) is 0 Å². The van der Waals surface area contributed by atoms with E-state index in [0.29, 0.717) is 6.42 Å². The molecule has 1 aliphatic rings. The third kappa shape index (κ3) is 2.28. The molecule has 2 aromatic rings. The Kier molecular flexibility index (Phi) is 3.11. The number of benzene rings is 2. The minimum Gasteiger partial charge on any atom is -0.378 e. The van der Waals surface area contributed by atoms with Gasteiger partial charge in [0.15, 0.2) is 5.78 Å². The van der Waals surface area contributed by atoms with Crippen LogP contribution in [0.2, 0.25) is 0 Å². The molecule has 0 atom stereocenters. The lowest BCUT2D eigenvalue weighted by atomic mass is 9.75. The third-order valence-corrected chi connectivity index (χ3v) is 4.25. The zero-order chi connectivity index (χ0) is 13.3. The van der Waals surface area contributed by atoms with Crippen molar-refractivity contribution >= 4 is 16.6 Å². The van der Waals surface area contributed by atoms with Crippen molar-refractivity contribution in [3.05, 3.63) is 48.0 Å². The van der Waals surface area contributed by atoms with Gasteiger partial charge in [-0.25, -0.2) is 0 Å². The van der Waals surface area contributed by atoms with Gasteiger partial charge in [0.2, 0.25) is 0 Å². The van der Waals surface area contributed by atoms with Crippen LogP contribution in [0.15, 0.2) is 42.5 Å². The van der Waals surface area contributed by atoms with Crippen molar-refractivity contribution in [1.82, 2.24) is 0 Å². The van der Waals surface area contributed by atoms with Crippen molar-refractivity contribution < 1.29 is 9.53 Å². The number of hydrogen-bond donors (Lipinski definition) is 0. The molecule has 1 fully saturated rings. The Hall–Kier alpha value is -1.67. The molecule has 0 radical (unpaired) electrons. The molecular formula is C17H18O2. The molecule has 2 aromatic carbocycles. The number of rotatable bonds is 4. The van der Waals surface area contributed by atoms with E-state index in [9.17, 15) is 4.79 Å². The second kappa shape index (κ2) is 4.78. The first-order chi connectivity index (χ1) is 9.22. The van der Waals surface area contributed by atoms with Gasteiger partial charge in [0.1, 0.15) is 0 Å². The number of ketones is 1. The molecule has 0 heterocycles. The van der Waals surface area contributed by atoms with Crippen LogP contribution < -0.4 is 0 Å². The summed E-state index contributed by atoms with van der Waals surface area (Å²) in [7, 11) is 1.72. The average molecular weight is 254 g/mol. The van der Waals surface area contributed by atoms with Crippen LogP contribution in [0.5, 0.6) is 0 Å². The van der Waals surface area contributed by atoms with Gasteiger partial charge in [0.05, 0.1) is 5.60 Å². The summed E-state index contributed by atoms with van der Waals surface area (Å²) in [5.74, 6) is 0.187. The second-order valence-corrected chi connectivity index (χ2v) is 5.40. The topological polar surface area (TPSA) is 26.3 Å². The molecule has 2 heteroatoms. The van der Waals surface area contributed by atoms with Crippen molar-refractivity contribution in [2.75, 3.05) is 7.11 Å². The van der Waals surface area contributed by atoms with E-state index in [-0.39, 0.29) is 11.4 Å². The zero-order valence-electron chi connectivity index (χ0n) is 11.2. The van der Waals surface area contributed by atoms with Crippen molar-refractivity contribution in [3.63, 3.8) is 0 Å². The Balaban J connectivity index is 1.85. The average Bonchev–Trinajstić information content (AvgIpc) is 2.42. The highest BCUT2D eigenvalue weighted by molar-refractivity contribution is 6.00. The molecule has 0 amide bonds. The van der Waals surface area contributed by atoms with Gasteiger partial charge in [-0.15, -0.1) is 0 Å². The molecule has 2 nitrogen and oxygen atoms in total. The maximum absolute atomic E-state index is 12.4. The standard InChI is InChI=1S/C17H18O2/c1-19-17(9-4-10-17)12-16(18)15-8-7-13-5-2-3-6-14(13)11-15/h2-3,5-8,11H,4,9-10,12H2,1H3. The highest BCUT2D eigenvalue weighted by Gasteiger charge is 2.39. The molecule has 1 aliphatic carbocycles. The molecule has 0 aromatic heterocycles. The fourth-order valence-corrected chi connectivity index (χ4v) is 2.78. The number of carbonyl (C=O) groups is 1. The van der Waals surface area contributed by atoms with Gasteiger partial charge in [0.25, 0.3) is 0 Å². The maximum atomic E-state index is 12.4. The Morgan fingerprint density at radius 1 is 1.16 bits per heavy atom. The van der Waals surface area contributed by atoms with Gasteiger partial charge in [-0.1, -0.05) is 36.4 Å². The van der Waals surface area contributed by atoms with E-state index in [2.05, 4.69) is 6.07 Å². The Morgan fingerprint density at radius 3 is 2.53 bits per heavy atom. The van der Waals surface area contributed by atoms with Crippen LogP contribution in [-0.2, 0) is 4.74 Å². The van der Waals surface area contributed by atoms with Gasteiger partial charge >= 0.3 is 0 Å². The summed E-state index contributed by atoms with van der Waals surface area (Å²) < 4.78 is 5.53. The molecule has 0 bridgehead atoms. The second-order valence-electron chi connectivity index (χ2n) is 5.40. The molecule has 0 aliphatic heterocycles. The zero-order valence-corrected chi connectivity index (χ0v) is 11.2. The van der Waals surface area contributed by atoms with E-state index in [4.69, 9.17) is 4.74 Å².